The molecule has 0 amide bonds. The molecule has 150 valence electrons. The average Bonchev–Trinajstić information content (AvgIpc) is 3.23. The molecule has 1 unspecified atom stereocenters. The molecule has 0 saturated carbocycles. The van der Waals surface area contributed by atoms with Crippen LogP contribution in [0.2, 0.25) is 0 Å². The lowest BCUT2D eigenvalue weighted by Gasteiger charge is -2.32. The summed E-state index contributed by atoms with van der Waals surface area (Å²) in [7, 11) is 0. The van der Waals surface area contributed by atoms with Crippen LogP contribution in [-0.4, -0.2) is 0 Å². The van der Waals surface area contributed by atoms with Gasteiger partial charge in [0.25, 0.3) is 0 Å². The van der Waals surface area contributed by atoms with Gasteiger partial charge in [-0.3, -0.25) is 0 Å². The fraction of sp³-hybridized carbons (Fsp3) is 0.0968. The smallest absolute Gasteiger partial charge is 0.0400 e. The van der Waals surface area contributed by atoms with Crippen LogP contribution in [0, 0.1) is 0 Å². The Morgan fingerprint density at radius 2 is 0.968 bits per heavy atom. The minimum absolute atomic E-state index is 0.182. The first kappa shape index (κ1) is 19.3. The van der Waals surface area contributed by atoms with Crippen LogP contribution >= 0.6 is 0 Å². The third-order valence-corrected chi connectivity index (χ3v) is 6.41. The van der Waals surface area contributed by atoms with Crippen LogP contribution in [-0.2, 0) is 5.41 Å². The summed E-state index contributed by atoms with van der Waals surface area (Å²) >= 11 is 0. The van der Waals surface area contributed by atoms with Gasteiger partial charge in [0.05, 0.1) is 0 Å². The molecule has 0 saturated heterocycles. The summed E-state index contributed by atoms with van der Waals surface area (Å²) in [4.78, 5) is 0. The van der Waals surface area contributed by atoms with Crippen molar-refractivity contribution in [2.75, 3.05) is 0 Å². The van der Waals surface area contributed by atoms with E-state index in [-0.39, 0.29) is 5.41 Å². The van der Waals surface area contributed by atoms with E-state index in [9.17, 15) is 0 Å². The molecule has 0 heterocycles. The van der Waals surface area contributed by atoms with E-state index in [1.807, 2.05) is 0 Å². The van der Waals surface area contributed by atoms with E-state index in [4.69, 9.17) is 0 Å². The second-order valence-corrected chi connectivity index (χ2v) is 8.10. The van der Waals surface area contributed by atoms with Gasteiger partial charge in [-0.2, -0.15) is 0 Å². The number of hydrogen-bond donors (Lipinski definition) is 0. The molecule has 0 N–H and O–H groups in total. The molecule has 1 atom stereocenters. The zero-order chi connectivity index (χ0) is 21.1. The highest BCUT2D eigenvalue weighted by molar-refractivity contribution is 6.21. The molecule has 4 aromatic carbocycles. The highest BCUT2D eigenvalue weighted by atomic mass is 14.4. The number of rotatable bonds is 5. The first-order valence-electron chi connectivity index (χ1n) is 11.0. The van der Waals surface area contributed by atoms with Crippen molar-refractivity contribution in [1.82, 2.24) is 0 Å². The monoisotopic (exact) mass is 398 g/mol. The van der Waals surface area contributed by atoms with Crippen molar-refractivity contribution in [1.29, 1.82) is 0 Å². The second kappa shape index (κ2) is 8.24. The molecule has 0 aliphatic heterocycles. The van der Waals surface area contributed by atoms with Crippen LogP contribution < -0.4 is 0 Å². The summed E-state index contributed by atoms with van der Waals surface area (Å²) in [6.07, 6.45) is 3.51. The van der Waals surface area contributed by atoms with E-state index in [2.05, 4.69) is 134 Å². The predicted octanol–water partition coefficient (Wildman–Crippen LogP) is 8.04. The highest BCUT2D eigenvalue weighted by Gasteiger charge is 2.41. The van der Waals surface area contributed by atoms with E-state index < -0.39 is 0 Å². The van der Waals surface area contributed by atoms with Gasteiger partial charge >= 0.3 is 0 Å². The Hall–Kier alpha value is -3.64. The minimum atomic E-state index is -0.182. The molecule has 1 aliphatic carbocycles. The van der Waals surface area contributed by atoms with Gasteiger partial charge in [0.2, 0.25) is 0 Å². The molecular weight excluding hydrogens is 372 g/mol. The average molecular weight is 399 g/mol. The largest absolute Gasteiger partial charge is 0.0639 e. The fourth-order valence-corrected chi connectivity index (χ4v) is 4.95. The summed E-state index contributed by atoms with van der Waals surface area (Å²) in [6.45, 7) is 2.31. The Bertz CT molecular complexity index is 1220. The van der Waals surface area contributed by atoms with Crippen molar-refractivity contribution in [2.45, 2.75) is 18.8 Å². The van der Waals surface area contributed by atoms with Gasteiger partial charge in [-0.15, -0.1) is 0 Å². The zero-order valence-corrected chi connectivity index (χ0v) is 17.8. The van der Waals surface area contributed by atoms with Crippen LogP contribution in [0.4, 0.5) is 0 Å². The van der Waals surface area contributed by atoms with Crippen LogP contribution in [0.25, 0.3) is 16.7 Å². The third kappa shape index (κ3) is 3.35. The van der Waals surface area contributed by atoms with Crippen LogP contribution in [0.15, 0.2) is 127 Å². The number of allylic oxidation sites excluding steroid dienone is 4. The summed E-state index contributed by atoms with van der Waals surface area (Å²) in [5, 5.41) is 0. The highest BCUT2D eigenvalue weighted by Crippen LogP contribution is 2.56. The van der Waals surface area contributed by atoms with Gasteiger partial charge < -0.3 is 0 Å². The maximum atomic E-state index is 2.52. The van der Waals surface area contributed by atoms with Gasteiger partial charge in [0.1, 0.15) is 0 Å². The van der Waals surface area contributed by atoms with Gasteiger partial charge in [0.15, 0.2) is 0 Å². The lowest BCUT2D eigenvalue weighted by atomic mass is 9.71. The normalized spacial score (nSPS) is 18.2. The lowest BCUT2D eigenvalue weighted by Crippen LogP contribution is -2.23. The van der Waals surface area contributed by atoms with E-state index in [1.165, 1.54) is 39.0 Å². The van der Waals surface area contributed by atoms with Gasteiger partial charge in [-0.25, -0.2) is 0 Å². The first-order chi connectivity index (χ1) is 15.3. The molecule has 0 radical (unpaired) electrons. The standard InChI is InChI=1S/C31H26/c1-2-31(27-21-13-6-14-22-27)23-28(24-15-7-3-8-16-24)29(25-17-9-4-10-18-25)30(31)26-19-11-5-12-20-26/h3-23H,2H2,1H3. The summed E-state index contributed by atoms with van der Waals surface area (Å²) < 4.78 is 0. The third-order valence-electron chi connectivity index (χ3n) is 6.41. The summed E-state index contributed by atoms with van der Waals surface area (Å²) in [5.74, 6) is 0. The Balaban J connectivity index is 1.90. The van der Waals surface area contributed by atoms with Gasteiger partial charge in [-0.05, 0) is 45.4 Å². The van der Waals surface area contributed by atoms with E-state index >= 15 is 0 Å². The van der Waals surface area contributed by atoms with Crippen LogP contribution in [0.5, 0.6) is 0 Å². The van der Waals surface area contributed by atoms with Crippen molar-refractivity contribution in [2.24, 2.45) is 0 Å². The SMILES string of the molecule is CCC1(c2ccccc2)C=C(c2ccccc2)C(c2ccccc2)=C1c1ccccc1. The van der Waals surface area contributed by atoms with Gasteiger partial charge in [-0.1, -0.05) is 134 Å². The topological polar surface area (TPSA) is 0 Å². The molecule has 0 fully saturated rings. The molecule has 5 rings (SSSR count). The Kier molecular flexibility index (Phi) is 5.14. The van der Waals surface area contributed by atoms with Gasteiger partial charge in [0, 0.05) is 5.41 Å². The van der Waals surface area contributed by atoms with Crippen molar-refractivity contribution < 1.29 is 0 Å². The van der Waals surface area contributed by atoms with Crippen molar-refractivity contribution >= 4 is 16.7 Å². The molecule has 0 spiro atoms. The molecule has 31 heavy (non-hydrogen) atoms. The predicted molar refractivity (Wildman–Crippen MR) is 133 cm³/mol. The van der Waals surface area contributed by atoms with E-state index in [1.54, 1.807) is 0 Å². The molecule has 1 aliphatic rings. The molecule has 0 bridgehead atoms. The Morgan fingerprint density at radius 1 is 0.516 bits per heavy atom. The fourth-order valence-electron chi connectivity index (χ4n) is 4.95. The van der Waals surface area contributed by atoms with E-state index in [0.717, 1.165) is 6.42 Å². The zero-order valence-electron chi connectivity index (χ0n) is 17.8. The Labute approximate surface area is 185 Å². The lowest BCUT2D eigenvalue weighted by molar-refractivity contribution is 0.670. The molecular formula is C31H26. The first-order valence-corrected chi connectivity index (χ1v) is 11.0. The summed E-state index contributed by atoms with van der Waals surface area (Å²) in [5.41, 5.74) is 9.03. The molecule has 0 nitrogen and oxygen atoms in total. The molecule has 0 heteroatoms. The summed E-state index contributed by atoms with van der Waals surface area (Å²) in [6, 6.07) is 43.6. The van der Waals surface area contributed by atoms with E-state index in [0.29, 0.717) is 0 Å². The number of hydrogen-bond acceptors (Lipinski definition) is 0. The van der Waals surface area contributed by atoms with Crippen molar-refractivity contribution in [3.8, 4) is 0 Å². The van der Waals surface area contributed by atoms with Crippen LogP contribution in [0.3, 0.4) is 0 Å². The number of benzene rings is 4. The Morgan fingerprint density at radius 3 is 1.48 bits per heavy atom. The van der Waals surface area contributed by atoms with Crippen LogP contribution in [0.1, 0.15) is 35.6 Å². The van der Waals surface area contributed by atoms with Crippen molar-refractivity contribution in [3.05, 3.63) is 150 Å². The maximum Gasteiger partial charge on any atom is 0.0400 e. The quantitative estimate of drug-likeness (QED) is 0.319. The maximum absolute atomic E-state index is 2.52. The molecule has 4 aromatic rings. The second-order valence-electron chi connectivity index (χ2n) is 8.10. The molecule has 0 aromatic heterocycles. The van der Waals surface area contributed by atoms with Crippen molar-refractivity contribution in [3.63, 3.8) is 0 Å². The minimum Gasteiger partial charge on any atom is -0.0639 e.